The van der Waals surface area contributed by atoms with Gasteiger partial charge in [-0.25, -0.2) is 9.36 Å². The SMILES string of the molecule is CC(C)(C)OC(=O)n1ccc2c1ccc[n+]2[O-]. The van der Waals surface area contributed by atoms with Gasteiger partial charge in [0.15, 0.2) is 6.20 Å². The molecule has 5 heteroatoms. The lowest BCUT2D eigenvalue weighted by atomic mass is 10.2. The predicted octanol–water partition coefficient (Wildman–Crippen LogP) is 2.06. The Morgan fingerprint density at radius 2 is 2.12 bits per heavy atom. The van der Waals surface area contributed by atoms with Gasteiger partial charge in [0, 0.05) is 18.3 Å². The van der Waals surface area contributed by atoms with Gasteiger partial charge in [0.25, 0.3) is 0 Å². The summed E-state index contributed by atoms with van der Waals surface area (Å²) in [5.41, 5.74) is 0.422. The number of carbonyl (C=O) groups is 1. The average molecular weight is 234 g/mol. The minimum atomic E-state index is -0.560. The molecular formula is C12H14N2O3. The Morgan fingerprint density at radius 3 is 2.76 bits per heavy atom. The van der Waals surface area contributed by atoms with E-state index in [1.54, 1.807) is 39.0 Å². The predicted molar refractivity (Wildman–Crippen MR) is 62.5 cm³/mol. The Kier molecular flexibility index (Phi) is 2.53. The number of carbonyl (C=O) groups excluding carboxylic acids is 1. The average Bonchev–Trinajstić information content (AvgIpc) is 2.60. The Balaban J connectivity index is 2.43. The summed E-state index contributed by atoms with van der Waals surface area (Å²) in [5.74, 6) is 0. The van der Waals surface area contributed by atoms with Crippen LogP contribution in [-0.2, 0) is 4.74 Å². The van der Waals surface area contributed by atoms with Gasteiger partial charge >= 0.3 is 6.09 Å². The van der Waals surface area contributed by atoms with E-state index in [1.165, 1.54) is 17.0 Å². The third-order valence-electron chi connectivity index (χ3n) is 2.21. The minimum Gasteiger partial charge on any atom is -0.618 e. The molecule has 0 spiro atoms. The molecule has 0 saturated heterocycles. The first-order valence-electron chi connectivity index (χ1n) is 5.31. The Hall–Kier alpha value is -2.04. The summed E-state index contributed by atoms with van der Waals surface area (Å²) in [6, 6.07) is 4.89. The highest BCUT2D eigenvalue weighted by atomic mass is 16.6. The first-order chi connectivity index (χ1) is 7.88. The summed E-state index contributed by atoms with van der Waals surface area (Å²) < 4.78 is 7.29. The van der Waals surface area contributed by atoms with Crippen LogP contribution in [0.2, 0.25) is 0 Å². The van der Waals surface area contributed by atoms with Gasteiger partial charge in [-0.3, -0.25) is 0 Å². The summed E-state index contributed by atoms with van der Waals surface area (Å²) in [5, 5.41) is 11.5. The lowest BCUT2D eigenvalue weighted by Crippen LogP contribution is -2.28. The van der Waals surface area contributed by atoms with Crippen LogP contribution in [0, 0.1) is 5.21 Å². The molecule has 0 atom stereocenters. The molecule has 0 aliphatic rings. The van der Waals surface area contributed by atoms with Crippen molar-refractivity contribution in [1.29, 1.82) is 0 Å². The van der Waals surface area contributed by atoms with Crippen molar-refractivity contribution in [3.63, 3.8) is 0 Å². The summed E-state index contributed by atoms with van der Waals surface area (Å²) in [6.07, 6.45) is 2.44. The molecule has 2 heterocycles. The summed E-state index contributed by atoms with van der Waals surface area (Å²) in [7, 11) is 0. The van der Waals surface area contributed by atoms with Gasteiger partial charge in [-0.05, 0) is 26.8 Å². The molecule has 5 nitrogen and oxygen atoms in total. The van der Waals surface area contributed by atoms with E-state index < -0.39 is 11.7 Å². The number of aromatic nitrogens is 2. The van der Waals surface area contributed by atoms with Crippen molar-refractivity contribution in [2.75, 3.05) is 0 Å². The van der Waals surface area contributed by atoms with Gasteiger partial charge in [0.2, 0.25) is 5.52 Å². The zero-order valence-electron chi connectivity index (χ0n) is 10.0. The van der Waals surface area contributed by atoms with Crippen LogP contribution in [0.5, 0.6) is 0 Å². The van der Waals surface area contributed by atoms with Gasteiger partial charge in [0.1, 0.15) is 11.1 Å². The highest BCUT2D eigenvalue weighted by Gasteiger charge is 2.20. The van der Waals surface area contributed by atoms with Gasteiger partial charge < -0.3 is 9.94 Å². The third kappa shape index (κ3) is 2.22. The molecule has 0 aliphatic carbocycles. The fraction of sp³-hybridized carbons (Fsp3) is 0.333. The molecule has 0 aliphatic heterocycles. The molecule has 0 bridgehead atoms. The summed E-state index contributed by atoms with van der Waals surface area (Å²) in [6.45, 7) is 5.39. The summed E-state index contributed by atoms with van der Waals surface area (Å²) in [4.78, 5) is 11.9. The number of pyridine rings is 1. The van der Waals surface area contributed by atoms with E-state index in [0.717, 1.165) is 4.73 Å². The Labute approximate surface area is 98.8 Å². The fourth-order valence-corrected chi connectivity index (χ4v) is 1.55. The van der Waals surface area contributed by atoms with Crippen molar-refractivity contribution >= 4 is 17.1 Å². The second-order valence-corrected chi connectivity index (χ2v) is 4.77. The largest absolute Gasteiger partial charge is 0.618 e. The number of hydrogen-bond donors (Lipinski definition) is 0. The minimum absolute atomic E-state index is 0.443. The standard InChI is InChI=1S/C12H14N2O3/c1-12(2,3)17-11(15)13-8-6-10-9(13)5-4-7-14(10)16/h4-8H,1-3H3. The molecule has 0 radical (unpaired) electrons. The van der Waals surface area contributed by atoms with Gasteiger partial charge in [-0.2, -0.15) is 4.73 Å². The van der Waals surface area contributed by atoms with Crippen molar-refractivity contribution < 1.29 is 14.3 Å². The molecule has 0 aromatic carbocycles. The second-order valence-electron chi connectivity index (χ2n) is 4.77. The van der Waals surface area contributed by atoms with E-state index in [9.17, 15) is 10.0 Å². The maximum atomic E-state index is 11.9. The van der Waals surface area contributed by atoms with Crippen molar-refractivity contribution in [2.45, 2.75) is 26.4 Å². The van der Waals surface area contributed by atoms with E-state index in [4.69, 9.17) is 4.74 Å². The van der Waals surface area contributed by atoms with Gasteiger partial charge in [-0.1, -0.05) is 0 Å². The molecule has 2 aromatic rings. The first kappa shape index (κ1) is 11.4. The fourth-order valence-electron chi connectivity index (χ4n) is 1.55. The third-order valence-corrected chi connectivity index (χ3v) is 2.21. The molecular weight excluding hydrogens is 220 g/mol. The van der Waals surface area contributed by atoms with E-state index in [1.807, 2.05) is 0 Å². The number of nitrogens with zero attached hydrogens (tertiary/aromatic N) is 2. The van der Waals surface area contributed by atoms with E-state index in [0.29, 0.717) is 11.0 Å². The number of ether oxygens (including phenoxy) is 1. The molecule has 2 rings (SSSR count). The second kappa shape index (κ2) is 3.76. The zero-order chi connectivity index (χ0) is 12.6. The van der Waals surface area contributed by atoms with E-state index in [-0.39, 0.29) is 0 Å². The summed E-state index contributed by atoms with van der Waals surface area (Å²) >= 11 is 0. The smallest absolute Gasteiger partial charge is 0.419 e. The van der Waals surface area contributed by atoms with Crippen LogP contribution in [-0.4, -0.2) is 16.3 Å². The van der Waals surface area contributed by atoms with Crippen LogP contribution in [0.3, 0.4) is 0 Å². The van der Waals surface area contributed by atoms with Crippen LogP contribution in [0.15, 0.2) is 30.6 Å². The van der Waals surface area contributed by atoms with Crippen LogP contribution < -0.4 is 4.73 Å². The van der Waals surface area contributed by atoms with Crippen LogP contribution >= 0.6 is 0 Å². The normalized spacial score (nSPS) is 11.7. The Morgan fingerprint density at radius 1 is 1.41 bits per heavy atom. The monoisotopic (exact) mass is 234 g/mol. The topological polar surface area (TPSA) is 58.2 Å². The first-order valence-corrected chi connectivity index (χ1v) is 5.31. The molecule has 0 fully saturated rings. The molecule has 0 N–H and O–H groups in total. The molecule has 0 saturated carbocycles. The number of fused-ring (bicyclic) bond motifs is 1. The van der Waals surface area contributed by atoms with E-state index >= 15 is 0 Å². The van der Waals surface area contributed by atoms with Crippen molar-refractivity contribution in [1.82, 2.24) is 4.57 Å². The molecule has 0 unspecified atom stereocenters. The van der Waals surface area contributed by atoms with Crippen LogP contribution in [0.4, 0.5) is 4.79 Å². The van der Waals surface area contributed by atoms with Crippen molar-refractivity contribution in [2.24, 2.45) is 0 Å². The van der Waals surface area contributed by atoms with Crippen molar-refractivity contribution in [3.05, 3.63) is 35.8 Å². The molecule has 0 amide bonds. The number of rotatable bonds is 0. The highest BCUT2D eigenvalue weighted by molar-refractivity contribution is 5.85. The van der Waals surface area contributed by atoms with Crippen LogP contribution in [0.1, 0.15) is 20.8 Å². The molecule has 17 heavy (non-hydrogen) atoms. The van der Waals surface area contributed by atoms with Gasteiger partial charge in [0.05, 0.1) is 0 Å². The van der Waals surface area contributed by atoms with Crippen LogP contribution in [0.25, 0.3) is 11.0 Å². The molecule has 2 aromatic heterocycles. The number of hydrogen-bond acceptors (Lipinski definition) is 3. The zero-order valence-corrected chi connectivity index (χ0v) is 10.0. The van der Waals surface area contributed by atoms with Gasteiger partial charge in [-0.15, -0.1) is 0 Å². The lowest BCUT2D eigenvalue weighted by Gasteiger charge is -2.19. The lowest BCUT2D eigenvalue weighted by molar-refractivity contribution is -0.576. The Bertz CT molecular complexity index is 567. The molecule has 90 valence electrons. The highest BCUT2D eigenvalue weighted by Crippen LogP contribution is 2.15. The van der Waals surface area contributed by atoms with E-state index in [2.05, 4.69) is 0 Å². The quantitative estimate of drug-likeness (QED) is 0.518. The van der Waals surface area contributed by atoms with Crippen molar-refractivity contribution in [3.8, 4) is 0 Å². The maximum Gasteiger partial charge on any atom is 0.419 e. The maximum absolute atomic E-state index is 11.9.